The fourth-order valence-corrected chi connectivity index (χ4v) is 2.85. The summed E-state index contributed by atoms with van der Waals surface area (Å²) in [4.78, 5) is 18.2. The Kier molecular flexibility index (Phi) is 6.56. The maximum Gasteiger partial charge on any atom is 0.414 e. The molecule has 126 valence electrons. The number of fused-ring (bicyclic) bond motifs is 6. The van der Waals surface area contributed by atoms with Crippen molar-refractivity contribution in [3.8, 4) is 0 Å². The fourth-order valence-electron chi connectivity index (χ4n) is 2.85. The molecule has 0 radical (unpaired) electrons. The quantitative estimate of drug-likeness (QED) is 0.439. The lowest BCUT2D eigenvalue weighted by molar-refractivity contribution is -0.159. The molecule has 4 bridgehead atoms. The van der Waals surface area contributed by atoms with Crippen molar-refractivity contribution in [1.29, 1.82) is 0 Å². The molecule has 0 saturated carbocycles. The number of nitrogens with one attached hydrogen (secondary N) is 2. The normalized spacial score (nSPS) is 34.7. The number of carbonyl (C=O) groups is 2. The first-order valence-electron chi connectivity index (χ1n) is 7.70. The molecule has 0 aromatic heterocycles. The molecule has 4 N–H and O–H groups in total. The van der Waals surface area contributed by atoms with E-state index >= 15 is 0 Å². The van der Waals surface area contributed by atoms with Gasteiger partial charge in [-0.15, -0.1) is 0 Å². The summed E-state index contributed by atoms with van der Waals surface area (Å²) in [6, 6.07) is 1.36. The van der Waals surface area contributed by atoms with E-state index in [9.17, 15) is 0 Å². The van der Waals surface area contributed by atoms with E-state index in [4.69, 9.17) is 29.3 Å². The summed E-state index contributed by atoms with van der Waals surface area (Å²) in [5.74, 6) is -3.65. The van der Waals surface area contributed by atoms with Gasteiger partial charge in [0.05, 0.1) is 25.4 Å². The third kappa shape index (κ3) is 5.53. The minimum atomic E-state index is -1.82. The number of carboxylic acid groups (broad SMARTS) is 2. The Balaban J connectivity index is 0.000000123. The summed E-state index contributed by atoms with van der Waals surface area (Å²) < 4.78 is 10.8. The lowest BCUT2D eigenvalue weighted by atomic mass is 10.0. The van der Waals surface area contributed by atoms with Gasteiger partial charge in [-0.2, -0.15) is 0 Å². The molecule has 8 nitrogen and oxygen atoms in total. The number of morpholine rings is 2. The highest BCUT2D eigenvalue weighted by molar-refractivity contribution is 6.27. The maximum atomic E-state index is 9.10. The molecule has 6 rings (SSSR count). The lowest BCUT2D eigenvalue weighted by Crippen LogP contribution is -2.51. The molecule has 0 spiro atoms. The van der Waals surface area contributed by atoms with Crippen LogP contribution in [0.25, 0.3) is 0 Å². The largest absolute Gasteiger partial charge is 0.473 e. The molecule has 0 amide bonds. The van der Waals surface area contributed by atoms with E-state index in [1.54, 1.807) is 0 Å². The average Bonchev–Trinajstić information content (AvgIpc) is 2.59. The molecule has 6 fully saturated rings. The average molecular weight is 316 g/mol. The number of ether oxygens (including phenoxy) is 2. The van der Waals surface area contributed by atoms with Crippen LogP contribution in [-0.4, -0.2) is 72.7 Å². The Hall–Kier alpha value is -1.22. The van der Waals surface area contributed by atoms with Gasteiger partial charge < -0.3 is 30.3 Å². The van der Waals surface area contributed by atoms with Gasteiger partial charge in [-0.05, 0) is 25.7 Å². The highest BCUT2D eigenvalue weighted by atomic mass is 16.5. The molecular weight excluding hydrogens is 292 g/mol. The highest BCUT2D eigenvalue weighted by Gasteiger charge is 2.27. The first-order chi connectivity index (χ1) is 10.5. The van der Waals surface area contributed by atoms with Crippen molar-refractivity contribution in [3.05, 3.63) is 0 Å². The van der Waals surface area contributed by atoms with Gasteiger partial charge in [-0.1, -0.05) is 0 Å². The van der Waals surface area contributed by atoms with Crippen LogP contribution in [0.2, 0.25) is 0 Å². The second-order valence-electron chi connectivity index (χ2n) is 5.89. The smallest absolute Gasteiger partial charge is 0.414 e. The van der Waals surface area contributed by atoms with Crippen molar-refractivity contribution in [2.75, 3.05) is 26.3 Å². The monoisotopic (exact) mass is 316 g/mol. The minimum absolute atomic E-state index is 0.542. The fraction of sp³-hybridized carbons (Fsp3) is 0.857. The van der Waals surface area contributed by atoms with Crippen LogP contribution in [0.15, 0.2) is 0 Å². The number of hydrogen-bond acceptors (Lipinski definition) is 6. The van der Waals surface area contributed by atoms with E-state index in [-0.39, 0.29) is 0 Å². The van der Waals surface area contributed by atoms with Crippen LogP contribution in [0, 0.1) is 0 Å². The van der Waals surface area contributed by atoms with E-state index in [1.165, 1.54) is 25.7 Å². The summed E-state index contributed by atoms with van der Waals surface area (Å²) in [5.41, 5.74) is 0. The predicted octanol–water partition coefficient (Wildman–Crippen LogP) is -0.570. The zero-order chi connectivity index (χ0) is 15.9. The van der Waals surface area contributed by atoms with E-state index in [0.29, 0.717) is 24.3 Å². The molecule has 6 aliphatic rings. The Bertz CT molecular complexity index is 293. The summed E-state index contributed by atoms with van der Waals surface area (Å²) in [6.45, 7) is 4.07. The summed E-state index contributed by atoms with van der Waals surface area (Å²) >= 11 is 0. The minimum Gasteiger partial charge on any atom is -0.473 e. The molecule has 4 unspecified atom stereocenters. The van der Waals surface area contributed by atoms with E-state index in [1.807, 2.05) is 0 Å². The standard InChI is InChI=1S/2C6H11NO.C2H2O4/c2*1-2-6-3-7-5(1)4-8-6;3-1(4)2(5)6/h2*5-7H,1-4H2;(H,3,4)(H,5,6). The van der Waals surface area contributed by atoms with Gasteiger partial charge in [0.15, 0.2) is 0 Å². The van der Waals surface area contributed by atoms with Crippen LogP contribution in [0.3, 0.4) is 0 Å². The van der Waals surface area contributed by atoms with E-state index in [2.05, 4.69) is 10.6 Å². The number of carboxylic acids is 2. The van der Waals surface area contributed by atoms with E-state index < -0.39 is 11.9 Å². The van der Waals surface area contributed by atoms with E-state index in [0.717, 1.165) is 26.3 Å². The zero-order valence-corrected chi connectivity index (χ0v) is 12.5. The predicted molar refractivity (Wildman–Crippen MR) is 76.8 cm³/mol. The zero-order valence-electron chi connectivity index (χ0n) is 12.5. The topological polar surface area (TPSA) is 117 Å². The molecule has 6 heterocycles. The number of hydrogen-bond donors (Lipinski definition) is 4. The third-order valence-electron chi connectivity index (χ3n) is 4.19. The molecule has 6 aliphatic heterocycles. The Morgan fingerprint density at radius 1 is 0.773 bits per heavy atom. The van der Waals surface area contributed by atoms with Gasteiger partial charge in [0.1, 0.15) is 0 Å². The van der Waals surface area contributed by atoms with Crippen molar-refractivity contribution in [2.45, 2.75) is 50.0 Å². The molecule has 4 atom stereocenters. The van der Waals surface area contributed by atoms with Gasteiger partial charge in [-0.3, -0.25) is 0 Å². The van der Waals surface area contributed by atoms with Crippen molar-refractivity contribution < 1.29 is 29.3 Å². The molecule has 22 heavy (non-hydrogen) atoms. The maximum absolute atomic E-state index is 9.10. The van der Waals surface area contributed by atoms with Crippen LogP contribution in [0.5, 0.6) is 0 Å². The van der Waals surface area contributed by atoms with Gasteiger partial charge in [-0.25, -0.2) is 9.59 Å². The van der Waals surface area contributed by atoms with Gasteiger partial charge in [0.2, 0.25) is 0 Å². The van der Waals surface area contributed by atoms with Gasteiger partial charge in [0.25, 0.3) is 0 Å². The van der Waals surface area contributed by atoms with Crippen molar-refractivity contribution in [3.63, 3.8) is 0 Å². The second kappa shape index (κ2) is 8.42. The number of piperidine rings is 2. The van der Waals surface area contributed by atoms with Crippen molar-refractivity contribution >= 4 is 11.9 Å². The Morgan fingerprint density at radius 3 is 1.23 bits per heavy atom. The second-order valence-corrected chi connectivity index (χ2v) is 5.89. The summed E-state index contributed by atoms with van der Waals surface area (Å²) in [7, 11) is 0. The lowest BCUT2D eigenvalue weighted by Gasteiger charge is -2.36. The van der Waals surface area contributed by atoms with Crippen LogP contribution >= 0.6 is 0 Å². The van der Waals surface area contributed by atoms with Crippen molar-refractivity contribution in [1.82, 2.24) is 10.6 Å². The van der Waals surface area contributed by atoms with Gasteiger partial charge in [0, 0.05) is 25.2 Å². The first kappa shape index (κ1) is 17.1. The third-order valence-corrected chi connectivity index (χ3v) is 4.19. The summed E-state index contributed by atoms with van der Waals surface area (Å²) in [5, 5.41) is 21.6. The SMILES string of the molecule is C1CC2CNC1CO2.C1CC2CNC1CO2.O=C(O)C(=O)O. The van der Waals surface area contributed by atoms with Gasteiger partial charge >= 0.3 is 11.9 Å². The Morgan fingerprint density at radius 2 is 1.18 bits per heavy atom. The van der Waals surface area contributed by atoms with Crippen LogP contribution < -0.4 is 10.6 Å². The van der Waals surface area contributed by atoms with Crippen LogP contribution in [-0.2, 0) is 19.1 Å². The molecule has 8 heteroatoms. The van der Waals surface area contributed by atoms with Crippen molar-refractivity contribution in [2.24, 2.45) is 0 Å². The Labute approximate surface area is 129 Å². The first-order valence-corrected chi connectivity index (χ1v) is 7.70. The molecule has 0 aliphatic carbocycles. The van der Waals surface area contributed by atoms with Crippen LogP contribution in [0.4, 0.5) is 0 Å². The molecular formula is C14H24N2O6. The highest BCUT2D eigenvalue weighted by Crippen LogP contribution is 2.18. The number of aliphatic carboxylic acids is 2. The molecule has 0 aromatic rings. The molecule has 0 aromatic carbocycles. The summed E-state index contributed by atoms with van der Waals surface area (Å²) in [6.07, 6.45) is 6.28. The molecule has 6 saturated heterocycles. The number of rotatable bonds is 0. The van der Waals surface area contributed by atoms with Crippen LogP contribution in [0.1, 0.15) is 25.7 Å².